The SMILES string of the molecule is CC[C@H]1SC2=NC(C)=C(C(=O)OC)[C@H](c3ccc(C(=O)OC)cc3)N2C1=O. The first-order chi connectivity index (χ1) is 12.9. The maximum Gasteiger partial charge on any atom is 0.338 e. The number of methoxy groups -OCH3 is 2. The molecule has 2 aliphatic rings. The molecule has 1 fully saturated rings. The van der Waals surface area contributed by atoms with Gasteiger partial charge in [0.05, 0.1) is 42.3 Å². The van der Waals surface area contributed by atoms with Gasteiger partial charge in [0.2, 0.25) is 5.91 Å². The highest BCUT2D eigenvalue weighted by atomic mass is 32.2. The standard InChI is InChI=1S/C19H20N2O5S/c1-5-13-16(22)21-15(11-6-8-12(9-7-11)17(23)25-3)14(18(24)26-4)10(2)20-19(21)27-13/h6-9,13,15H,5H2,1-4H3/t13-,15+/m1/s1. The summed E-state index contributed by atoms with van der Waals surface area (Å²) >= 11 is 1.40. The molecule has 1 aromatic carbocycles. The van der Waals surface area contributed by atoms with Crippen LogP contribution in [0, 0.1) is 0 Å². The summed E-state index contributed by atoms with van der Waals surface area (Å²) in [6.45, 7) is 3.67. The number of nitrogens with zero attached hydrogens (tertiary/aromatic N) is 2. The third-order valence-electron chi connectivity index (χ3n) is 4.58. The molecule has 142 valence electrons. The molecule has 1 saturated heterocycles. The van der Waals surface area contributed by atoms with Crippen LogP contribution in [-0.2, 0) is 19.1 Å². The van der Waals surface area contributed by atoms with Crippen LogP contribution in [0.25, 0.3) is 0 Å². The molecule has 2 atom stereocenters. The maximum atomic E-state index is 12.9. The van der Waals surface area contributed by atoms with E-state index in [1.54, 1.807) is 36.1 Å². The van der Waals surface area contributed by atoms with E-state index < -0.39 is 18.0 Å². The number of thioether (sulfide) groups is 1. The number of benzene rings is 1. The minimum Gasteiger partial charge on any atom is -0.466 e. The first-order valence-electron chi connectivity index (χ1n) is 8.48. The van der Waals surface area contributed by atoms with Crippen molar-refractivity contribution in [3.8, 4) is 0 Å². The second-order valence-electron chi connectivity index (χ2n) is 6.12. The molecule has 0 spiro atoms. The van der Waals surface area contributed by atoms with E-state index in [4.69, 9.17) is 9.47 Å². The van der Waals surface area contributed by atoms with Gasteiger partial charge in [-0.15, -0.1) is 0 Å². The van der Waals surface area contributed by atoms with Gasteiger partial charge in [0.15, 0.2) is 5.17 Å². The van der Waals surface area contributed by atoms with Crippen LogP contribution in [0.4, 0.5) is 0 Å². The summed E-state index contributed by atoms with van der Waals surface area (Å²) in [6.07, 6.45) is 0.666. The fourth-order valence-corrected chi connectivity index (χ4v) is 4.33. The van der Waals surface area contributed by atoms with Crippen molar-refractivity contribution < 1.29 is 23.9 Å². The molecule has 0 saturated carbocycles. The number of amidine groups is 1. The van der Waals surface area contributed by atoms with Crippen molar-refractivity contribution in [2.24, 2.45) is 4.99 Å². The van der Waals surface area contributed by atoms with Crippen molar-refractivity contribution in [1.82, 2.24) is 4.90 Å². The Morgan fingerprint density at radius 3 is 2.33 bits per heavy atom. The average molecular weight is 388 g/mol. The van der Waals surface area contributed by atoms with Crippen molar-refractivity contribution in [1.29, 1.82) is 0 Å². The first kappa shape index (κ1) is 19.2. The summed E-state index contributed by atoms with van der Waals surface area (Å²) in [5.74, 6) is -1.07. The molecule has 2 aliphatic heterocycles. The largest absolute Gasteiger partial charge is 0.466 e. The smallest absolute Gasteiger partial charge is 0.338 e. The third-order valence-corrected chi connectivity index (χ3v) is 5.89. The minimum atomic E-state index is -0.645. The Kier molecular flexibility index (Phi) is 5.36. The second kappa shape index (κ2) is 7.56. The molecule has 27 heavy (non-hydrogen) atoms. The van der Waals surface area contributed by atoms with E-state index in [1.165, 1.54) is 26.0 Å². The number of rotatable bonds is 4. The van der Waals surface area contributed by atoms with Gasteiger partial charge in [0.25, 0.3) is 0 Å². The van der Waals surface area contributed by atoms with Gasteiger partial charge in [0, 0.05) is 0 Å². The topological polar surface area (TPSA) is 85.3 Å². The van der Waals surface area contributed by atoms with Crippen LogP contribution in [0.1, 0.15) is 42.2 Å². The zero-order valence-electron chi connectivity index (χ0n) is 15.5. The number of allylic oxidation sites excluding steroid dienone is 1. The Balaban J connectivity index is 2.10. The fourth-order valence-electron chi connectivity index (χ4n) is 3.19. The van der Waals surface area contributed by atoms with Gasteiger partial charge in [0.1, 0.15) is 0 Å². The number of carbonyl (C=O) groups excluding carboxylic acids is 3. The van der Waals surface area contributed by atoms with E-state index >= 15 is 0 Å². The number of hydrogen-bond acceptors (Lipinski definition) is 7. The van der Waals surface area contributed by atoms with Gasteiger partial charge < -0.3 is 9.47 Å². The van der Waals surface area contributed by atoms with Crippen LogP contribution in [0.2, 0.25) is 0 Å². The second-order valence-corrected chi connectivity index (χ2v) is 7.29. The molecular weight excluding hydrogens is 368 g/mol. The Morgan fingerprint density at radius 1 is 1.15 bits per heavy atom. The first-order valence-corrected chi connectivity index (χ1v) is 9.36. The average Bonchev–Trinajstić information content (AvgIpc) is 3.01. The van der Waals surface area contributed by atoms with Gasteiger partial charge in [-0.25, -0.2) is 14.6 Å². The van der Waals surface area contributed by atoms with Crippen LogP contribution >= 0.6 is 11.8 Å². The Labute approximate surface area is 161 Å². The minimum absolute atomic E-state index is 0.0859. The number of esters is 2. The number of amides is 1. The highest BCUT2D eigenvalue weighted by molar-refractivity contribution is 8.15. The molecule has 8 heteroatoms. The lowest BCUT2D eigenvalue weighted by atomic mass is 9.93. The molecule has 0 aromatic heterocycles. The number of hydrogen-bond donors (Lipinski definition) is 0. The zero-order chi connectivity index (χ0) is 19.7. The Bertz CT molecular complexity index is 859. The summed E-state index contributed by atoms with van der Waals surface area (Å²) in [4.78, 5) is 43.1. The molecule has 1 amide bonds. The van der Waals surface area contributed by atoms with Crippen molar-refractivity contribution in [2.45, 2.75) is 31.6 Å². The third kappa shape index (κ3) is 3.25. The van der Waals surface area contributed by atoms with Gasteiger partial charge in [-0.05, 0) is 31.0 Å². The maximum absolute atomic E-state index is 12.9. The van der Waals surface area contributed by atoms with E-state index in [9.17, 15) is 14.4 Å². The lowest BCUT2D eigenvalue weighted by molar-refractivity contribution is -0.137. The lowest BCUT2D eigenvalue weighted by Crippen LogP contribution is -2.40. The molecule has 3 rings (SSSR count). The van der Waals surface area contributed by atoms with E-state index in [1.807, 2.05) is 6.92 Å². The predicted octanol–water partition coefficient (Wildman–Crippen LogP) is 2.68. The molecule has 2 heterocycles. The van der Waals surface area contributed by atoms with Gasteiger partial charge >= 0.3 is 11.9 Å². The molecular formula is C19H20N2O5S. The predicted molar refractivity (Wildman–Crippen MR) is 101 cm³/mol. The van der Waals surface area contributed by atoms with Crippen LogP contribution in [0.5, 0.6) is 0 Å². The fraction of sp³-hybridized carbons (Fsp3) is 0.368. The van der Waals surface area contributed by atoms with E-state index in [-0.39, 0.29) is 11.2 Å². The highest BCUT2D eigenvalue weighted by Crippen LogP contribution is 2.43. The summed E-state index contributed by atoms with van der Waals surface area (Å²) in [5, 5.41) is 0.351. The lowest BCUT2D eigenvalue weighted by Gasteiger charge is -2.32. The summed E-state index contributed by atoms with van der Waals surface area (Å²) in [5.41, 5.74) is 1.92. The quantitative estimate of drug-likeness (QED) is 0.737. The summed E-state index contributed by atoms with van der Waals surface area (Å²) in [7, 11) is 2.61. The number of aliphatic imine (C=N–C) groups is 1. The van der Waals surface area contributed by atoms with Gasteiger partial charge in [-0.2, -0.15) is 0 Å². The molecule has 0 radical (unpaired) electrons. The van der Waals surface area contributed by atoms with Crippen LogP contribution < -0.4 is 0 Å². The molecule has 0 unspecified atom stereocenters. The normalized spacial score (nSPS) is 21.7. The molecule has 7 nitrogen and oxygen atoms in total. The van der Waals surface area contributed by atoms with Crippen molar-refractivity contribution in [2.75, 3.05) is 14.2 Å². The van der Waals surface area contributed by atoms with Gasteiger partial charge in [-0.3, -0.25) is 9.69 Å². The van der Waals surface area contributed by atoms with E-state index in [2.05, 4.69) is 4.99 Å². The highest BCUT2D eigenvalue weighted by Gasteiger charge is 2.47. The van der Waals surface area contributed by atoms with Crippen molar-refractivity contribution in [3.63, 3.8) is 0 Å². The van der Waals surface area contributed by atoms with Crippen LogP contribution in [0.3, 0.4) is 0 Å². The molecule has 0 N–H and O–H groups in total. The molecule has 0 aliphatic carbocycles. The number of ether oxygens (including phenoxy) is 2. The monoisotopic (exact) mass is 388 g/mol. The van der Waals surface area contributed by atoms with Crippen molar-refractivity contribution in [3.05, 3.63) is 46.7 Å². The number of carbonyl (C=O) groups is 3. The van der Waals surface area contributed by atoms with Crippen LogP contribution in [-0.4, -0.2) is 47.4 Å². The van der Waals surface area contributed by atoms with Gasteiger partial charge in [-0.1, -0.05) is 30.8 Å². The van der Waals surface area contributed by atoms with Crippen molar-refractivity contribution >= 4 is 34.8 Å². The molecule has 1 aromatic rings. The summed E-state index contributed by atoms with van der Waals surface area (Å²) < 4.78 is 9.66. The molecule has 0 bridgehead atoms. The van der Waals surface area contributed by atoms with E-state index in [0.717, 1.165) is 0 Å². The summed E-state index contributed by atoms with van der Waals surface area (Å²) in [6, 6.07) is 6.01. The number of fused-ring (bicyclic) bond motifs is 1. The Morgan fingerprint density at radius 2 is 1.78 bits per heavy atom. The van der Waals surface area contributed by atoms with E-state index in [0.29, 0.717) is 34.0 Å². The Hall–Kier alpha value is -2.61. The zero-order valence-corrected chi connectivity index (χ0v) is 16.3. The van der Waals surface area contributed by atoms with Crippen LogP contribution in [0.15, 0.2) is 40.5 Å².